The number of carbonyl (C=O) groups is 1. The topological polar surface area (TPSA) is 62.6 Å². The summed E-state index contributed by atoms with van der Waals surface area (Å²) in [5.41, 5.74) is 2.13. The molecule has 0 bridgehead atoms. The number of ketones is 1. The van der Waals surface area contributed by atoms with Crippen LogP contribution in [0.2, 0.25) is 5.02 Å². The van der Waals surface area contributed by atoms with Crippen molar-refractivity contribution < 1.29 is 14.3 Å². The third kappa shape index (κ3) is 5.76. The largest absolute Gasteiger partial charge is 0.496 e. The summed E-state index contributed by atoms with van der Waals surface area (Å²) in [4.78, 5) is 14.4. The average Bonchev–Trinajstić information content (AvgIpc) is 2.75. The molecule has 0 saturated carbocycles. The Morgan fingerprint density at radius 1 is 1.07 bits per heavy atom. The number of nitriles is 1. The van der Waals surface area contributed by atoms with Crippen molar-refractivity contribution in [3.05, 3.63) is 82.4 Å². The number of hydrogen-bond donors (Lipinski definition) is 0. The van der Waals surface area contributed by atoms with E-state index in [1.54, 1.807) is 50.6 Å². The zero-order valence-corrected chi connectivity index (χ0v) is 18.1. The van der Waals surface area contributed by atoms with Crippen molar-refractivity contribution in [3.63, 3.8) is 0 Å². The van der Waals surface area contributed by atoms with Gasteiger partial charge in [0, 0.05) is 42.5 Å². The summed E-state index contributed by atoms with van der Waals surface area (Å²) in [7, 11) is 7.09. The van der Waals surface area contributed by atoms with Gasteiger partial charge in [-0.1, -0.05) is 42.0 Å². The van der Waals surface area contributed by atoms with Crippen LogP contribution >= 0.6 is 11.6 Å². The molecule has 0 saturated heterocycles. The Bertz CT molecular complexity index is 1020. The standard InChI is InChI=1S/C24H23ClN2O3/c1-27(2)20-14-22(29-3)21(23(15-20)30-4)12-7-5-6-9-18(16-26)24(28)17-10-8-11-19(25)13-17/h5-15H,1-4H3. The van der Waals surface area contributed by atoms with Gasteiger partial charge in [0.25, 0.3) is 0 Å². The van der Waals surface area contributed by atoms with Gasteiger partial charge in [0.05, 0.1) is 25.4 Å². The lowest BCUT2D eigenvalue weighted by Gasteiger charge is -2.17. The van der Waals surface area contributed by atoms with Gasteiger partial charge in [0.2, 0.25) is 5.78 Å². The summed E-state index contributed by atoms with van der Waals surface area (Å²) in [6.45, 7) is 0. The van der Waals surface area contributed by atoms with Gasteiger partial charge in [0.1, 0.15) is 17.6 Å². The predicted octanol–water partition coefficient (Wildman–Crippen LogP) is 5.33. The molecule has 0 heterocycles. The molecule has 0 N–H and O–H groups in total. The zero-order chi connectivity index (χ0) is 22.1. The van der Waals surface area contributed by atoms with E-state index in [0.717, 1.165) is 11.3 Å². The number of carbonyl (C=O) groups excluding carboxylic acids is 1. The molecule has 154 valence electrons. The van der Waals surface area contributed by atoms with E-state index in [4.69, 9.17) is 21.1 Å². The Hall–Kier alpha value is -3.49. The van der Waals surface area contributed by atoms with Gasteiger partial charge in [-0.3, -0.25) is 4.79 Å². The number of allylic oxidation sites excluding steroid dienone is 5. The maximum Gasteiger partial charge on any atom is 0.203 e. The molecule has 30 heavy (non-hydrogen) atoms. The maximum absolute atomic E-state index is 12.4. The Kier molecular flexibility index (Phi) is 8.28. The van der Waals surface area contributed by atoms with Gasteiger partial charge in [-0.2, -0.15) is 5.26 Å². The number of hydrogen-bond acceptors (Lipinski definition) is 5. The summed E-state index contributed by atoms with van der Waals surface area (Å²) in [6.07, 6.45) is 8.44. The third-order valence-electron chi connectivity index (χ3n) is 4.24. The highest BCUT2D eigenvalue weighted by Crippen LogP contribution is 2.35. The van der Waals surface area contributed by atoms with Gasteiger partial charge >= 0.3 is 0 Å². The van der Waals surface area contributed by atoms with Gasteiger partial charge in [-0.05, 0) is 24.3 Å². The average molecular weight is 423 g/mol. The molecule has 6 heteroatoms. The summed E-state index contributed by atoms with van der Waals surface area (Å²) in [6, 6.07) is 12.3. The first-order valence-corrected chi connectivity index (χ1v) is 9.47. The zero-order valence-electron chi connectivity index (χ0n) is 17.3. The number of methoxy groups -OCH3 is 2. The number of Topliss-reactive ketones (excluding diaryl/α,β-unsaturated/α-hetero) is 1. The molecule has 0 amide bonds. The van der Waals surface area contributed by atoms with Crippen molar-refractivity contribution >= 4 is 29.1 Å². The molecule has 0 radical (unpaired) electrons. The van der Waals surface area contributed by atoms with E-state index in [1.807, 2.05) is 43.3 Å². The molecule has 0 aromatic heterocycles. The van der Waals surface area contributed by atoms with Crippen molar-refractivity contribution in [3.8, 4) is 17.6 Å². The molecule has 5 nitrogen and oxygen atoms in total. The molecule has 2 rings (SSSR count). The van der Waals surface area contributed by atoms with Crippen molar-refractivity contribution in [1.82, 2.24) is 0 Å². The Balaban J connectivity index is 2.23. The molecule has 0 aliphatic carbocycles. The first-order valence-electron chi connectivity index (χ1n) is 9.10. The normalized spacial score (nSPS) is 11.5. The van der Waals surface area contributed by atoms with Crippen LogP contribution in [0.1, 0.15) is 15.9 Å². The molecule has 0 unspecified atom stereocenters. The minimum atomic E-state index is -0.378. The first kappa shape index (κ1) is 22.8. The lowest BCUT2D eigenvalue weighted by molar-refractivity contribution is 0.103. The van der Waals surface area contributed by atoms with Crippen LogP contribution in [0.3, 0.4) is 0 Å². The fraction of sp³-hybridized carbons (Fsp3) is 0.167. The second-order valence-corrected chi connectivity index (χ2v) is 6.87. The highest BCUT2D eigenvalue weighted by molar-refractivity contribution is 6.31. The Labute approximate surface area is 182 Å². The molecule has 0 fully saturated rings. The second-order valence-electron chi connectivity index (χ2n) is 6.43. The van der Waals surface area contributed by atoms with Crippen LogP contribution in [0.25, 0.3) is 6.08 Å². The number of halogens is 1. The molecular formula is C24H23ClN2O3. The minimum absolute atomic E-state index is 0.0208. The van der Waals surface area contributed by atoms with Gasteiger partial charge in [-0.25, -0.2) is 0 Å². The first-order chi connectivity index (χ1) is 14.4. The SMILES string of the molecule is COc1cc(N(C)C)cc(OC)c1C=CC=CC=C(C#N)C(=O)c1cccc(Cl)c1. The molecule has 0 spiro atoms. The third-order valence-corrected chi connectivity index (χ3v) is 4.48. The lowest BCUT2D eigenvalue weighted by Crippen LogP contribution is -2.09. The molecule has 2 aromatic carbocycles. The van der Waals surface area contributed by atoms with Crippen LogP contribution in [-0.2, 0) is 0 Å². The van der Waals surface area contributed by atoms with Gasteiger partial charge in [0.15, 0.2) is 0 Å². The quantitative estimate of drug-likeness (QED) is 0.249. The number of rotatable bonds is 8. The summed E-state index contributed by atoms with van der Waals surface area (Å²) in [5.74, 6) is 0.968. The number of benzene rings is 2. The fourth-order valence-electron chi connectivity index (χ4n) is 2.66. The lowest BCUT2D eigenvalue weighted by atomic mass is 10.0. The molecular weight excluding hydrogens is 400 g/mol. The molecule has 0 aliphatic rings. The number of nitrogens with zero attached hydrogens (tertiary/aromatic N) is 2. The number of ether oxygens (including phenoxy) is 2. The summed E-state index contributed by atoms with van der Waals surface area (Å²) >= 11 is 5.92. The maximum atomic E-state index is 12.4. The van der Waals surface area contributed by atoms with Crippen molar-refractivity contribution in [2.45, 2.75) is 0 Å². The molecule has 0 aliphatic heterocycles. The van der Waals surface area contributed by atoms with Crippen molar-refractivity contribution in [2.24, 2.45) is 0 Å². The van der Waals surface area contributed by atoms with E-state index in [2.05, 4.69) is 0 Å². The Morgan fingerprint density at radius 2 is 1.73 bits per heavy atom. The van der Waals surface area contributed by atoms with Crippen LogP contribution < -0.4 is 14.4 Å². The van der Waals surface area contributed by atoms with E-state index in [1.165, 1.54) is 12.1 Å². The van der Waals surface area contributed by atoms with E-state index in [9.17, 15) is 10.1 Å². The summed E-state index contributed by atoms with van der Waals surface area (Å²) < 4.78 is 11.0. The van der Waals surface area contributed by atoms with Gasteiger partial charge < -0.3 is 14.4 Å². The van der Waals surface area contributed by atoms with Crippen LogP contribution in [-0.4, -0.2) is 34.1 Å². The highest BCUT2D eigenvalue weighted by Gasteiger charge is 2.12. The number of anilines is 1. The van der Waals surface area contributed by atoms with Crippen LogP contribution in [0.5, 0.6) is 11.5 Å². The van der Waals surface area contributed by atoms with Crippen LogP contribution in [0, 0.1) is 11.3 Å². The van der Waals surface area contributed by atoms with E-state index >= 15 is 0 Å². The van der Waals surface area contributed by atoms with Crippen molar-refractivity contribution in [2.75, 3.05) is 33.2 Å². The fourth-order valence-corrected chi connectivity index (χ4v) is 2.85. The minimum Gasteiger partial charge on any atom is -0.496 e. The van der Waals surface area contributed by atoms with E-state index < -0.39 is 0 Å². The van der Waals surface area contributed by atoms with Crippen molar-refractivity contribution in [1.29, 1.82) is 5.26 Å². The summed E-state index contributed by atoms with van der Waals surface area (Å²) in [5, 5.41) is 9.75. The predicted molar refractivity (Wildman–Crippen MR) is 122 cm³/mol. The van der Waals surface area contributed by atoms with Crippen LogP contribution in [0.15, 0.2) is 66.3 Å². The highest BCUT2D eigenvalue weighted by atomic mass is 35.5. The van der Waals surface area contributed by atoms with E-state index in [0.29, 0.717) is 22.1 Å². The molecule has 2 aromatic rings. The van der Waals surface area contributed by atoms with Crippen LogP contribution in [0.4, 0.5) is 5.69 Å². The smallest absolute Gasteiger partial charge is 0.203 e. The Morgan fingerprint density at radius 3 is 2.27 bits per heavy atom. The second kappa shape index (κ2) is 10.9. The molecule has 0 atom stereocenters. The van der Waals surface area contributed by atoms with E-state index in [-0.39, 0.29) is 11.4 Å². The monoisotopic (exact) mass is 422 g/mol. The van der Waals surface area contributed by atoms with Gasteiger partial charge in [-0.15, -0.1) is 0 Å².